The summed E-state index contributed by atoms with van der Waals surface area (Å²) in [7, 11) is 2.61. The van der Waals surface area contributed by atoms with E-state index in [1.807, 2.05) is 12.1 Å². The molecule has 0 fully saturated rings. The smallest absolute Gasteiger partial charge is 0.337 e. The molecule has 10 heteroatoms. The lowest BCUT2D eigenvalue weighted by Crippen LogP contribution is -2.09. The second-order valence-electron chi connectivity index (χ2n) is 11.7. The van der Waals surface area contributed by atoms with Gasteiger partial charge < -0.3 is 18.9 Å². The first-order valence-corrected chi connectivity index (χ1v) is 17.3. The number of ketones is 4. The highest BCUT2D eigenvalue weighted by Crippen LogP contribution is 2.16. The zero-order valence-electron chi connectivity index (χ0n) is 31.3. The number of methoxy groups -OCH3 is 2. The zero-order valence-corrected chi connectivity index (χ0v) is 31.3. The highest BCUT2D eigenvalue weighted by molar-refractivity contribution is 6.13. The molecule has 4 rings (SSSR count). The van der Waals surface area contributed by atoms with E-state index in [0.717, 1.165) is 43.6 Å². The molecule has 0 N–H and O–H groups in total. The highest BCUT2D eigenvalue weighted by atomic mass is 16.5. The van der Waals surface area contributed by atoms with Gasteiger partial charge in [0.2, 0.25) is 0 Å². The van der Waals surface area contributed by atoms with Crippen LogP contribution in [0.2, 0.25) is 0 Å². The van der Waals surface area contributed by atoms with E-state index >= 15 is 0 Å². The molecule has 0 spiro atoms. The van der Waals surface area contributed by atoms with Gasteiger partial charge in [0.1, 0.15) is 11.5 Å². The third-order valence-corrected chi connectivity index (χ3v) is 7.63. The van der Waals surface area contributed by atoms with Crippen LogP contribution in [0.1, 0.15) is 122 Å². The molecule has 0 aromatic heterocycles. The van der Waals surface area contributed by atoms with E-state index in [9.17, 15) is 28.8 Å². The zero-order chi connectivity index (χ0) is 39.2. The van der Waals surface area contributed by atoms with Crippen molar-refractivity contribution in [2.75, 3.05) is 27.4 Å². The van der Waals surface area contributed by atoms with E-state index in [1.54, 1.807) is 67.6 Å². The number of unbranched alkanes of at least 4 members (excludes halogenated alkanes) is 2. The molecule has 0 bridgehead atoms. The average molecular weight is 725 g/mol. The van der Waals surface area contributed by atoms with Crippen molar-refractivity contribution in [2.24, 2.45) is 0 Å². The minimum absolute atomic E-state index is 0.0172. The summed E-state index contributed by atoms with van der Waals surface area (Å²) in [5.41, 5.74) is 2.97. The lowest BCUT2D eigenvalue weighted by atomic mass is 10.0. The van der Waals surface area contributed by atoms with Gasteiger partial charge in [-0.3, -0.25) is 19.2 Å². The van der Waals surface area contributed by atoms with Crippen LogP contribution >= 0.6 is 0 Å². The van der Waals surface area contributed by atoms with E-state index in [-0.39, 0.29) is 29.6 Å². The molecular weight excluding hydrogens is 676 g/mol. The Balaban J connectivity index is 0.000000303. The molecule has 0 aliphatic carbocycles. The number of ether oxygens (including phenoxy) is 4. The van der Waals surface area contributed by atoms with Crippen LogP contribution in [0.3, 0.4) is 0 Å². The molecule has 10 nitrogen and oxygen atoms in total. The molecular formula is C43H48O10. The van der Waals surface area contributed by atoms with E-state index < -0.39 is 11.9 Å². The molecule has 0 atom stereocenters. The fourth-order valence-corrected chi connectivity index (χ4v) is 4.41. The summed E-state index contributed by atoms with van der Waals surface area (Å²) in [6.45, 7) is 8.65. The summed E-state index contributed by atoms with van der Waals surface area (Å²) in [4.78, 5) is 68.8. The van der Waals surface area contributed by atoms with Crippen LogP contribution in [0, 0.1) is 0 Å². The van der Waals surface area contributed by atoms with Gasteiger partial charge >= 0.3 is 11.9 Å². The molecule has 4 aromatic rings. The maximum absolute atomic E-state index is 12.3. The van der Waals surface area contributed by atoms with E-state index in [1.165, 1.54) is 45.4 Å². The first kappa shape index (κ1) is 43.3. The Hall–Kier alpha value is -5.90. The fourth-order valence-electron chi connectivity index (χ4n) is 4.41. The summed E-state index contributed by atoms with van der Waals surface area (Å²) in [6, 6.07) is 26.5. The molecule has 4 aromatic carbocycles. The molecule has 0 aliphatic heterocycles. The molecule has 0 radical (unpaired) electrons. The highest BCUT2D eigenvalue weighted by Gasteiger charge is 2.15. The number of carbonyl (C=O) groups excluding carboxylic acids is 6. The van der Waals surface area contributed by atoms with Crippen LogP contribution in [0.25, 0.3) is 0 Å². The summed E-state index contributed by atoms with van der Waals surface area (Å²) in [5, 5.41) is 0. The summed E-state index contributed by atoms with van der Waals surface area (Å²) in [6.07, 6.45) is 4.00. The summed E-state index contributed by atoms with van der Waals surface area (Å²) >= 11 is 0. The number of esters is 2. The molecule has 280 valence electrons. The first-order chi connectivity index (χ1) is 25.4. The number of hydrogen-bond donors (Lipinski definition) is 0. The van der Waals surface area contributed by atoms with Crippen LogP contribution in [0.4, 0.5) is 0 Å². The van der Waals surface area contributed by atoms with Gasteiger partial charge in [-0.2, -0.15) is 0 Å². The largest absolute Gasteiger partial charge is 0.494 e. The third-order valence-electron chi connectivity index (χ3n) is 7.63. The Morgan fingerprint density at radius 3 is 1.02 bits per heavy atom. The number of carbonyl (C=O) groups is 6. The Morgan fingerprint density at radius 2 is 0.717 bits per heavy atom. The van der Waals surface area contributed by atoms with E-state index in [2.05, 4.69) is 23.3 Å². The van der Waals surface area contributed by atoms with E-state index in [0.29, 0.717) is 40.2 Å². The topological polar surface area (TPSA) is 139 Å². The molecule has 0 unspecified atom stereocenters. The Bertz CT molecular complexity index is 1770. The Kier molecular flexibility index (Phi) is 19.2. The molecule has 0 aliphatic rings. The van der Waals surface area contributed by atoms with Crippen LogP contribution in [-0.2, 0) is 9.47 Å². The predicted octanol–water partition coefficient (Wildman–Crippen LogP) is 8.85. The SMILES string of the molecule is CCCCOc1ccc(C(=O)CC(=O)c2ccc(C(=O)OC)cc2)cc1.CCCCOc1ccc(C(C)=O)cc1.COC(=O)c1ccc(C(C)=O)cc1. The molecule has 0 saturated heterocycles. The maximum Gasteiger partial charge on any atom is 0.337 e. The second-order valence-corrected chi connectivity index (χ2v) is 11.7. The van der Waals surface area contributed by atoms with Crippen molar-refractivity contribution in [3.8, 4) is 11.5 Å². The lowest BCUT2D eigenvalue weighted by Gasteiger charge is -2.06. The summed E-state index contributed by atoms with van der Waals surface area (Å²) < 4.78 is 20.1. The van der Waals surface area contributed by atoms with Crippen molar-refractivity contribution in [3.05, 3.63) is 130 Å². The van der Waals surface area contributed by atoms with Crippen molar-refractivity contribution in [2.45, 2.75) is 59.8 Å². The average Bonchev–Trinajstić information content (AvgIpc) is 3.18. The van der Waals surface area contributed by atoms with Gasteiger partial charge in [-0.1, -0.05) is 51.0 Å². The van der Waals surface area contributed by atoms with Gasteiger partial charge in [-0.05, 0) is 99.5 Å². The Labute approximate surface area is 311 Å². The quantitative estimate of drug-likeness (QED) is 0.0476. The standard InChI is InChI=1S/C21H22O5.C12H16O2.C10H10O3/c1-3-4-13-26-18-11-9-16(10-12-18)20(23)14-19(22)15-5-7-17(8-6-15)21(24)25-2;1-3-4-9-14-12-7-5-11(6-8-12)10(2)13;1-7(11)8-3-5-9(6-4-8)10(12)13-2/h5-12H,3-4,13-14H2,1-2H3;5-8H,3-4,9H2,1-2H3;3-6H,1-2H3. The number of rotatable bonds is 16. The van der Waals surface area contributed by atoms with E-state index in [4.69, 9.17) is 9.47 Å². The summed E-state index contributed by atoms with van der Waals surface area (Å²) in [5.74, 6) is 0.197. The lowest BCUT2D eigenvalue weighted by molar-refractivity contribution is 0.0592. The van der Waals surface area contributed by atoms with Crippen LogP contribution < -0.4 is 9.47 Å². The maximum atomic E-state index is 12.3. The number of benzene rings is 4. The second kappa shape index (κ2) is 23.6. The molecule has 0 heterocycles. The molecule has 0 amide bonds. The fraction of sp³-hybridized carbons (Fsp3) is 0.302. The Morgan fingerprint density at radius 1 is 0.434 bits per heavy atom. The van der Waals surface area contributed by atoms with Crippen molar-refractivity contribution >= 4 is 35.1 Å². The van der Waals surface area contributed by atoms with Crippen molar-refractivity contribution in [1.82, 2.24) is 0 Å². The van der Waals surface area contributed by atoms with Crippen molar-refractivity contribution in [1.29, 1.82) is 0 Å². The van der Waals surface area contributed by atoms with Crippen LogP contribution in [0.15, 0.2) is 97.1 Å². The third kappa shape index (κ3) is 15.5. The van der Waals surface area contributed by atoms with Crippen molar-refractivity contribution in [3.63, 3.8) is 0 Å². The molecule has 0 saturated carbocycles. The van der Waals surface area contributed by atoms with Gasteiger partial charge in [-0.15, -0.1) is 0 Å². The predicted molar refractivity (Wildman–Crippen MR) is 203 cm³/mol. The number of hydrogen-bond acceptors (Lipinski definition) is 10. The minimum atomic E-state index is -0.471. The number of Topliss-reactive ketones (excluding diaryl/α,β-unsaturated/α-hetero) is 4. The minimum Gasteiger partial charge on any atom is -0.494 e. The van der Waals surface area contributed by atoms with Gasteiger partial charge in [-0.25, -0.2) is 9.59 Å². The van der Waals surface area contributed by atoms with Gasteiger partial charge in [0.25, 0.3) is 0 Å². The monoisotopic (exact) mass is 724 g/mol. The normalized spacial score (nSPS) is 9.92. The van der Waals surface area contributed by atoms with Crippen molar-refractivity contribution < 1.29 is 47.7 Å². The first-order valence-electron chi connectivity index (χ1n) is 17.3. The van der Waals surface area contributed by atoms with Crippen LogP contribution in [-0.4, -0.2) is 62.5 Å². The van der Waals surface area contributed by atoms with Gasteiger partial charge in [0.15, 0.2) is 23.1 Å². The molecule has 53 heavy (non-hydrogen) atoms. The van der Waals surface area contributed by atoms with Gasteiger partial charge in [0.05, 0.1) is 45.0 Å². The van der Waals surface area contributed by atoms with Crippen LogP contribution in [0.5, 0.6) is 11.5 Å². The van der Waals surface area contributed by atoms with Gasteiger partial charge in [0, 0.05) is 22.3 Å².